The maximum absolute atomic E-state index is 12.3. The molecule has 3 heterocycles. The topological polar surface area (TPSA) is 69.4 Å². The van der Waals surface area contributed by atoms with Gasteiger partial charge < -0.3 is 14.8 Å². The Hall–Kier alpha value is -2.34. The second kappa shape index (κ2) is 6.19. The molecule has 7 heteroatoms. The second-order valence-corrected chi connectivity index (χ2v) is 5.45. The monoisotopic (exact) mass is 319 g/mol. The van der Waals surface area contributed by atoms with E-state index in [4.69, 9.17) is 16.3 Å². The van der Waals surface area contributed by atoms with Crippen LogP contribution in [-0.2, 0) is 0 Å². The summed E-state index contributed by atoms with van der Waals surface area (Å²) in [5.41, 5.74) is 0.375. The Balaban J connectivity index is 1.65. The molecule has 2 aromatic heterocycles. The molecule has 0 radical (unpaired) electrons. The highest BCUT2D eigenvalue weighted by Gasteiger charge is 2.29. The van der Waals surface area contributed by atoms with Gasteiger partial charge in [0.25, 0.3) is 5.91 Å². The SMILES string of the molecule is O=C(c1ccc[n+]([O-])c1)N1CC[C@H](Oc2ccncc2Cl)C1. The molecule has 1 saturated heterocycles. The summed E-state index contributed by atoms with van der Waals surface area (Å²) in [6.07, 6.45) is 6.34. The Morgan fingerprint density at radius 1 is 1.50 bits per heavy atom. The molecule has 0 N–H and O–H groups in total. The number of ether oxygens (including phenoxy) is 1. The van der Waals surface area contributed by atoms with Crippen LogP contribution in [0.2, 0.25) is 5.02 Å². The van der Waals surface area contributed by atoms with Gasteiger partial charge in [0.15, 0.2) is 12.4 Å². The number of hydrogen-bond donors (Lipinski definition) is 0. The number of hydrogen-bond acceptors (Lipinski definition) is 4. The summed E-state index contributed by atoms with van der Waals surface area (Å²) < 4.78 is 6.43. The number of rotatable bonds is 3. The summed E-state index contributed by atoms with van der Waals surface area (Å²) in [5.74, 6) is 0.394. The molecular weight excluding hydrogens is 306 g/mol. The zero-order valence-electron chi connectivity index (χ0n) is 11.7. The van der Waals surface area contributed by atoms with Crippen LogP contribution in [0.5, 0.6) is 5.75 Å². The smallest absolute Gasteiger partial charge is 0.260 e. The van der Waals surface area contributed by atoms with Gasteiger partial charge in [-0.05, 0) is 6.07 Å². The highest BCUT2D eigenvalue weighted by atomic mass is 35.5. The van der Waals surface area contributed by atoms with E-state index in [2.05, 4.69) is 4.98 Å². The summed E-state index contributed by atoms with van der Waals surface area (Å²) in [7, 11) is 0. The normalized spacial score (nSPS) is 17.5. The third-order valence-corrected chi connectivity index (χ3v) is 3.77. The summed E-state index contributed by atoms with van der Waals surface area (Å²) >= 11 is 6.01. The van der Waals surface area contributed by atoms with Gasteiger partial charge >= 0.3 is 0 Å². The Bertz CT molecular complexity index is 695. The standard InChI is InChI=1S/C15H14ClN3O3/c16-13-8-17-5-3-14(13)22-12-4-7-18(10-12)15(20)11-2-1-6-19(21)9-11/h1-3,5-6,8-9,12H,4,7,10H2/t12-/m0/s1. The lowest BCUT2D eigenvalue weighted by molar-refractivity contribution is -0.605. The third kappa shape index (κ3) is 3.12. The first-order chi connectivity index (χ1) is 10.6. The van der Waals surface area contributed by atoms with Gasteiger partial charge in [-0.3, -0.25) is 9.78 Å². The lowest BCUT2D eigenvalue weighted by Gasteiger charge is -2.17. The fraction of sp³-hybridized carbons (Fsp3) is 0.267. The first kappa shape index (κ1) is 14.6. The maximum Gasteiger partial charge on any atom is 0.260 e. The van der Waals surface area contributed by atoms with Gasteiger partial charge in [0.1, 0.15) is 22.4 Å². The molecule has 22 heavy (non-hydrogen) atoms. The van der Waals surface area contributed by atoms with Gasteiger partial charge in [0.05, 0.1) is 6.54 Å². The summed E-state index contributed by atoms with van der Waals surface area (Å²) in [6.45, 7) is 1.05. The second-order valence-electron chi connectivity index (χ2n) is 5.04. The molecule has 0 saturated carbocycles. The molecule has 0 unspecified atom stereocenters. The van der Waals surface area contributed by atoms with Gasteiger partial charge in [-0.15, -0.1) is 0 Å². The molecule has 3 rings (SSSR count). The molecule has 2 aromatic rings. The lowest BCUT2D eigenvalue weighted by Crippen LogP contribution is -2.33. The molecule has 1 aliphatic rings. The molecule has 1 aliphatic heterocycles. The van der Waals surface area contributed by atoms with Crippen molar-refractivity contribution in [3.05, 3.63) is 58.8 Å². The maximum atomic E-state index is 12.3. The number of amides is 1. The van der Waals surface area contributed by atoms with Crippen molar-refractivity contribution < 1.29 is 14.3 Å². The van der Waals surface area contributed by atoms with Crippen LogP contribution in [-0.4, -0.2) is 35.0 Å². The van der Waals surface area contributed by atoms with Crippen molar-refractivity contribution in [3.63, 3.8) is 0 Å². The van der Waals surface area contributed by atoms with E-state index in [9.17, 15) is 10.0 Å². The number of nitrogens with zero attached hydrogens (tertiary/aromatic N) is 3. The van der Waals surface area contributed by atoms with E-state index >= 15 is 0 Å². The van der Waals surface area contributed by atoms with Crippen LogP contribution in [0.15, 0.2) is 43.0 Å². The van der Waals surface area contributed by atoms with Crippen LogP contribution in [0.4, 0.5) is 0 Å². The van der Waals surface area contributed by atoms with E-state index in [1.54, 1.807) is 29.3 Å². The molecular formula is C15H14ClN3O3. The van der Waals surface area contributed by atoms with Crippen LogP contribution in [0, 0.1) is 5.21 Å². The lowest BCUT2D eigenvalue weighted by atomic mass is 10.2. The molecule has 0 spiro atoms. The van der Waals surface area contributed by atoms with Crippen molar-refractivity contribution >= 4 is 17.5 Å². The molecule has 1 amide bonds. The summed E-state index contributed by atoms with van der Waals surface area (Å²) in [5, 5.41) is 11.7. The van der Waals surface area contributed by atoms with Gasteiger partial charge in [0, 0.05) is 37.5 Å². The van der Waals surface area contributed by atoms with Gasteiger partial charge in [-0.1, -0.05) is 11.6 Å². The van der Waals surface area contributed by atoms with E-state index in [1.807, 2.05) is 0 Å². The minimum atomic E-state index is -0.169. The van der Waals surface area contributed by atoms with Crippen molar-refractivity contribution in [2.24, 2.45) is 0 Å². The van der Waals surface area contributed by atoms with E-state index in [0.29, 0.717) is 40.6 Å². The van der Waals surface area contributed by atoms with Crippen LogP contribution in [0.25, 0.3) is 0 Å². The van der Waals surface area contributed by atoms with E-state index in [-0.39, 0.29) is 12.0 Å². The Morgan fingerprint density at radius 3 is 3.14 bits per heavy atom. The molecule has 1 fully saturated rings. The van der Waals surface area contributed by atoms with Crippen LogP contribution < -0.4 is 9.47 Å². The van der Waals surface area contributed by atoms with Crippen molar-refractivity contribution in [2.75, 3.05) is 13.1 Å². The number of likely N-dealkylation sites (tertiary alicyclic amines) is 1. The average Bonchev–Trinajstić information content (AvgIpc) is 2.97. The zero-order chi connectivity index (χ0) is 15.5. The highest BCUT2D eigenvalue weighted by Crippen LogP contribution is 2.26. The summed E-state index contributed by atoms with van der Waals surface area (Å²) in [4.78, 5) is 17.9. The van der Waals surface area contributed by atoms with Crippen LogP contribution in [0.3, 0.4) is 0 Å². The molecule has 1 atom stereocenters. The predicted octanol–water partition coefficient (Wildman–Crippen LogP) is 1.66. The number of aromatic nitrogens is 2. The minimum Gasteiger partial charge on any atom is -0.619 e. The third-order valence-electron chi connectivity index (χ3n) is 3.48. The van der Waals surface area contributed by atoms with E-state index < -0.39 is 0 Å². The molecule has 6 nitrogen and oxygen atoms in total. The van der Waals surface area contributed by atoms with Crippen molar-refractivity contribution in [3.8, 4) is 5.75 Å². The fourth-order valence-electron chi connectivity index (χ4n) is 2.41. The average molecular weight is 320 g/mol. The van der Waals surface area contributed by atoms with Gasteiger partial charge in [-0.2, -0.15) is 4.73 Å². The van der Waals surface area contributed by atoms with E-state index in [0.717, 1.165) is 0 Å². The number of carbonyl (C=O) groups excluding carboxylic acids is 1. The quantitative estimate of drug-likeness (QED) is 0.637. The van der Waals surface area contributed by atoms with E-state index in [1.165, 1.54) is 18.6 Å². The zero-order valence-corrected chi connectivity index (χ0v) is 12.4. The van der Waals surface area contributed by atoms with Gasteiger partial charge in [0.2, 0.25) is 0 Å². The fourth-order valence-corrected chi connectivity index (χ4v) is 2.57. The Morgan fingerprint density at radius 2 is 2.36 bits per heavy atom. The highest BCUT2D eigenvalue weighted by molar-refractivity contribution is 6.31. The van der Waals surface area contributed by atoms with Crippen molar-refractivity contribution in [1.82, 2.24) is 9.88 Å². The Kier molecular flexibility index (Phi) is 4.11. The summed E-state index contributed by atoms with van der Waals surface area (Å²) in [6, 6.07) is 4.88. The molecule has 0 bridgehead atoms. The largest absolute Gasteiger partial charge is 0.619 e. The number of pyridine rings is 2. The van der Waals surface area contributed by atoms with Crippen LogP contribution >= 0.6 is 11.6 Å². The number of carbonyl (C=O) groups is 1. The number of halogens is 1. The van der Waals surface area contributed by atoms with Crippen molar-refractivity contribution in [1.29, 1.82) is 0 Å². The molecule has 0 aromatic carbocycles. The molecule has 114 valence electrons. The first-order valence-corrected chi connectivity index (χ1v) is 7.25. The minimum absolute atomic E-state index is 0.119. The van der Waals surface area contributed by atoms with Crippen LogP contribution in [0.1, 0.15) is 16.8 Å². The van der Waals surface area contributed by atoms with Crippen molar-refractivity contribution in [2.45, 2.75) is 12.5 Å². The molecule has 0 aliphatic carbocycles. The van der Waals surface area contributed by atoms with Gasteiger partial charge in [-0.25, -0.2) is 0 Å². The Labute approximate surface area is 132 Å². The first-order valence-electron chi connectivity index (χ1n) is 6.88. The predicted molar refractivity (Wildman–Crippen MR) is 79.6 cm³/mol.